The molecule has 3 N–H and O–H groups in total. The van der Waals surface area contributed by atoms with E-state index < -0.39 is 6.09 Å². The fourth-order valence-corrected chi connectivity index (χ4v) is 4.46. The number of carbonyl (C=O) groups excluding carboxylic acids is 1. The molecule has 31 heavy (non-hydrogen) atoms. The predicted molar refractivity (Wildman–Crippen MR) is 119 cm³/mol. The molecule has 0 aliphatic heterocycles. The molecule has 6 heteroatoms. The number of aromatic hydroxyl groups is 1. The molecule has 1 heterocycles. The van der Waals surface area contributed by atoms with Gasteiger partial charge in [0.25, 0.3) is 0 Å². The van der Waals surface area contributed by atoms with Crippen LogP contribution in [0.4, 0.5) is 4.79 Å². The number of phenolic OH excluding ortho intramolecular Hbond substituents is 1. The highest BCUT2D eigenvalue weighted by Gasteiger charge is 2.29. The first-order chi connectivity index (χ1) is 15.1. The lowest BCUT2D eigenvalue weighted by Gasteiger charge is -2.17. The van der Waals surface area contributed by atoms with E-state index in [9.17, 15) is 9.90 Å². The number of aromatic nitrogens is 2. The molecule has 0 saturated carbocycles. The van der Waals surface area contributed by atoms with Crippen LogP contribution in [0.5, 0.6) is 5.75 Å². The summed E-state index contributed by atoms with van der Waals surface area (Å²) in [6.07, 6.45) is 0.0422. The van der Waals surface area contributed by atoms with Crippen molar-refractivity contribution in [2.45, 2.75) is 25.3 Å². The highest BCUT2D eigenvalue weighted by Crippen LogP contribution is 2.44. The number of benzene rings is 3. The Kier molecular flexibility index (Phi) is 4.82. The zero-order valence-electron chi connectivity index (χ0n) is 17.1. The molecule has 156 valence electrons. The summed E-state index contributed by atoms with van der Waals surface area (Å²) in [6, 6.07) is 21.5. The normalized spacial score (nSPS) is 13.6. The summed E-state index contributed by atoms with van der Waals surface area (Å²) >= 11 is 0. The number of fused-ring (bicyclic) bond motifs is 4. The van der Waals surface area contributed by atoms with E-state index in [-0.39, 0.29) is 24.3 Å². The van der Waals surface area contributed by atoms with Crippen molar-refractivity contribution in [2.24, 2.45) is 0 Å². The first kappa shape index (κ1) is 19.2. The molecule has 0 fully saturated rings. The monoisotopic (exact) mass is 413 g/mol. The van der Waals surface area contributed by atoms with Crippen LogP contribution in [0.3, 0.4) is 0 Å². The van der Waals surface area contributed by atoms with Gasteiger partial charge in [0.2, 0.25) is 0 Å². The largest absolute Gasteiger partial charge is 0.507 e. The SMILES string of the molecule is CC(Cc1[nH]nc2cccc(O)c12)NC(=O)OCC1c2ccccc2-c2ccccc21. The Morgan fingerprint density at radius 3 is 2.45 bits per heavy atom. The number of nitrogens with zero attached hydrogens (tertiary/aromatic N) is 1. The smallest absolute Gasteiger partial charge is 0.407 e. The van der Waals surface area contributed by atoms with Crippen LogP contribution in [-0.4, -0.2) is 34.0 Å². The van der Waals surface area contributed by atoms with E-state index in [4.69, 9.17) is 4.74 Å². The molecule has 1 unspecified atom stereocenters. The van der Waals surface area contributed by atoms with E-state index in [0.717, 1.165) is 5.69 Å². The third-order valence-corrected chi connectivity index (χ3v) is 5.85. The molecule has 1 atom stereocenters. The number of aromatic amines is 1. The number of hydrogen-bond acceptors (Lipinski definition) is 4. The number of H-pyrrole nitrogens is 1. The molecule has 3 aromatic carbocycles. The van der Waals surface area contributed by atoms with E-state index >= 15 is 0 Å². The van der Waals surface area contributed by atoms with Gasteiger partial charge >= 0.3 is 6.09 Å². The van der Waals surface area contributed by atoms with Gasteiger partial charge in [-0.2, -0.15) is 5.10 Å². The quantitative estimate of drug-likeness (QED) is 0.441. The van der Waals surface area contributed by atoms with Crippen molar-refractivity contribution in [1.82, 2.24) is 15.5 Å². The number of carbonyl (C=O) groups is 1. The maximum atomic E-state index is 12.5. The van der Waals surface area contributed by atoms with Gasteiger partial charge in [0.05, 0.1) is 10.9 Å². The maximum Gasteiger partial charge on any atom is 0.407 e. The topological polar surface area (TPSA) is 87.2 Å². The Morgan fingerprint density at radius 1 is 1.06 bits per heavy atom. The van der Waals surface area contributed by atoms with Gasteiger partial charge in [0.15, 0.2) is 0 Å². The van der Waals surface area contributed by atoms with Crippen LogP contribution < -0.4 is 5.32 Å². The molecule has 5 rings (SSSR count). The fraction of sp³-hybridized carbons (Fsp3) is 0.200. The Bertz CT molecular complexity index is 1220. The summed E-state index contributed by atoms with van der Waals surface area (Å²) in [6.45, 7) is 2.18. The second-order valence-electron chi connectivity index (χ2n) is 7.95. The minimum Gasteiger partial charge on any atom is -0.507 e. The predicted octanol–water partition coefficient (Wildman–Crippen LogP) is 4.74. The number of rotatable bonds is 5. The van der Waals surface area contributed by atoms with Crippen LogP contribution in [0.25, 0.3) is 22.0 Å². The third kappa shape index (κ3) is 3.50. The molecule has 0 radical (unpaired) electrons. The molecule has 1 aliphatic carbocycles. The van der Waals surface area contributed by atoms with E-state index in [1.807, 2.05) is 37.3 Å². The number of ether oxygens (including phenoxy) is 1. The Morgan fingerprint density at radius 2 is 1.74 bits per heavy atom. The van der Waals surface area contributed by atoms with Crippen LogP contribution in [-0.2, 0) is 11.2 Å². The summed E-state index contributed by atoms with van der Waals surface area (Å²) < 4.78 is 5.62. The number of hydrogen-bond donors (Lipinski definition) is 3. The molecule has 6 nitrogen and oxygen atoms in total. The fourth-order valence-electron chi connectivity index (χ4n) is 4.46. The minimum atomic E-state index is -0.456. The van der Waals surface area contributed by atoms with E-state index in [1.165, 1.54) is 22.3 Å². The number of alkyl carbamates (subject to hydrolysis) is 1. The van der Waals surface area contributed by atoms with Gasteiger partial charge in [-0.1, -0.05) is 54.6 Å². The Hall–Kier alpha value is -3.80. The van der Waals surface area contributed by atoms with Gasteiger partial charge in [0.1, 0.15) is 12.4 Å². The van der Waals surface area contributed by atoms with Crippen LogP contribution in [0.2, 0.25) is 0 Å². The summed E-state index contributed by atoms with van der Waals surface area (Å²) in [4.78, 5) is 12.5. The van der Waals surface area contributed by atoms with E-state index in [2.05, 4.69) is 39.8 Å². The lowest BCUT2D eigenvalue weighted by atomic mass is 9.98. The molecule has 0 spiro atoms. The van der Waals surface area contributed by atoms with Crippen LogP contribution in [0, 0.1) is 0 Å². The van der Waals surface area contributed by atoms with Crippen molar-refractivity contribution in [3.63, 3.8) is 0 Å². The van der Waals surface area contributed by atoms with Crippen molar-refractivity contribution < 1.29 is 14.6 Å². The van der Waals surface area contributed by atoms with Crippen LogP contribution >= 0.6 is 0 Å². The van der Waals surface area contributed by atoms with Crippen molar-refractivity contribution in [1.29, 1.82) is 0 Å². The zero-order valence-corrected chi connectivity index (χ0v) is 17.1. The van der Waals surface area contributed by atoms with E-state index in [0.29, 0.717) is 17.3 Å². The minimum absolute atomic E-state index is 0.0296. The Balaban J connectivity index is 1.24. The van der Waals surface area contributed by atoms with E-state index in [1.54, 1.807) is 12.1 Å². The summed E-state index contributed by atoms with van der Waals surface area (Å²) in [5.41, 5.74) is 6.24. The van der Waals surface area contributed by atoms with Gasteiger partial charge in [-0.3, -0.25) is 5.10 Å². The van der Waals surface area contributed by atoms with Crippen molar-refractivity contribution in [2.75, 3.05) is 6.61 Å². The first-order valence-corrected chi connectivity index (χ1v) is 10.4. The van der Waals surface area contributed by atoms with Crippen LogP contribution in [0.1, 0.15) is 29.7 Å². The average Bonchev–Trinajstić information content (AvgIpc) is 3.32. The summed E-state index contributed by atoms with van der Waals surface area (Å²) in [5.74, 6) is 0.205. The molecular weight excluding hydrogens is 390 g/mol. The first-order valence-electron chi connectivity index (χ1n) is 10.4. The third-order valence-electron chi connectivity index (χ3n) is 5.85. The second-order valence-corrected chi connectivity index (χ2v) is 7.95. The summed E-state index contributed by atoms with van der Waals surface area (Å²) in [5, 5.41) is 20.9. The van der Waals surface area contributed by atoms with Crippen molar-refractivity contribution in [3.05, 3.63) is 83.6 Å². The zero-order chi connectivity index (χ0) is 21.4. The average molecular weight is 413 g/mol. The molecule has 0 saturated heterocycles. The van der Waals surface area contributed by atoms with Gasteiger partial charge in [-0.15, -0.1) is 0 Å². The molecule has 1 amide bonds. The van der Waals surface area contributed by atoms with Gasteiger partial charge in [-0.25, -0.2) is 4.79 Å². The number of phenols is 1. The lowest BCUT2D eigenvalue weighted by Crippen LogP contribution is -2.35. The molecule has 4 aromatic rings. The maximum absolute atomic E-state index is 12.5. The standard InChI is InChI=1S/C25H23N3O3/c1-15(13-22-24-21(27-28-22)11-6-12-23(24)29)26-25(30)31-14-20-18-9-4-2-7-16(18)17-8-3-5-10-19(17)20/h2-12,15,20,29H,13-14H2,1H3,(H,26,30)(H,27,28). The van der Waals surface area contributed by atoms with Crippen molar-refractivity contribution in [3.8, 4) is 16.9 Å². The molecule has 0 bridgehead atoms. The van der Waals surface area contributed by atoms with Gasteiger partial charge in [-0.05, 0) is 41.3 Å². The van der Waals surface area contributed by atoms with Gasteiger partial charge in [0, 0.05) is 24.1 Å². The number of amides is 1. The number of nitrogens with one attached hydrogen (secondary N) is 2. The molecular formula is C25H23N3O3. The second kappa shape index (κ2) is 7.80. The highest BCUT2D eigenvalue weighted by atomic mass is 16.5. The molecule has 1 aliphatic rings. The van der Waals surface area contributed by atoms with Gasteiger partial charge < -0.3 is 15.2 Å². The summed E-state index contributed by atoms with van der Waals surface area (Å²) in [7, 11) is 0. The van der Waals surface area contributed by atoms with Crippen LogP contribution in [0.15, 0.2) is 66.7 Å². The Labute approximate surface area is 179 Å². The van der Waals surface area contributed by atoms with Crippen molar-refractivity contribution >= 4 is 17.0 Å². The lowest BCUT2D eigenvalue weighted by molar-refractivity contribution is 0.139. The highest BCUT2D eigenvalue weighted by molar-refractivity contribution is 5.87. The molecule has 1 aromatic heterocycles.